The smallest absolute Gasteiger partial charge is 0.435 e. The van der Waals surface area contributed by atoms with Crippen LogP contribution in [0, 0.1) is 0 Å². The molecule has 4 heterocycles. The molecule has 1 N–H and O–H groups in total. The third-order valence-corrected chi connectivity index (χ3v) is 5.73. The maximum atomic E-state index is 13.9. The summed E-state index contributed by atoms with van der Waals surface area (Å²) in [6.07, 6.45) is -3.18. The molecule has 1 aliphatic rings. The maximum absolute atomic E-state index is 13.9. The van der Waals surface area contributed by atoms with Crippen molar-refractivity contribution in [2.75, 3.05) is 32.7 Å². The molecule has 31 heavy (non-hydrogen) atoms. The molecule has 6 nitrogen and oxygen atoms in total. The van der Waals surface area contributed by atoms with Gasteiger partial charge in [-0.15, -0.1) is 0 Å². The third-order valence-electron chi connectivity index (χ3n) is 5.50. The maximum Gasteiger partial charge on any atom is 0.435 e. The van der Waals surface area contributed by atoms with Gasteiger partial charge in [-0.2, -0.15) is 13.2 Å². The van der Waals surface area contributed by atoms with Crippen molar-refractivity contribution in [1.82, 2.24) is 24.8 Å². The molecule has 1 aliphatic heterocycles. The van der Waals surface area contributed by atoms with Crippen LogP contribution in [0.25, 0.3) is 33.5 Å². The van der Waals surface area contributed by atoms with Crippen molar-refractivity contribution in [1.29, 1.82) is 0 Å². The van der Waals surface area contributed by atoms with Gasteiger partial charge in [-0.1, -0.05) is 11.6 Å². The summed E-state index contributed by atoms with van der Waals surface area (Å²) < 4.78 is 49.1. The highest BCUT2D eigenvalue weighted by Crippen LogP contribution is 2.39. The summed E-state index contributed by atoms with van der Waals surface area (Å²) >= 11 is 6.05. The minimum absolute atomic E-state index is 0.182. The fraction of sp³-hybridized carbons (Fsp3) is 0.333. The first-order valence-corrected chi connectivity index (χ1v) is 10.3. The molecular formula is C21H19ClF3N5O. The molecule has 162 valence electrons. The number of halogens is 4. The lowest BCUT2D eigenvalue weighted by Gasteiger charge is -2.27. The van der Waals surface area contributed by atoms with Gasteiger partial charge in [0.05, 0.1) is 17.3 Å². The molecule has 0 bridgehead atoms. The second kappa shape index (κ2) is 7.81. The standard InChI is InChI=1S/C21H19ClF3N5O/c22-13-3-4-14-15(12-13)27-19(21(23,24)25)17-18(14)30(10-9-29-7-5-26-6-8-29)20(28-17)16-2-1-11-31-16/h1-4,11-12,26H,5-10H2. The van der Waals surface area contributed by atoms with Gasteiger partial charge in [-0.05, 0) is 30.3 Å². The minimum Gasteiger partial charge on any atom is -0.461 e. The van der Waals surface area contributed by atoms with Crippen LogP contribution >= 0.6 is 11.6 Å². The number of aromatic nitrogens is 3. The highest BCUT2D eigenvalue weighted by atomic mass is 35.5. The van der Waals surface area contributed by atoms with Crippen molar-refractivity contribution in [2.45, 2.75) is 12.7 Å². The van der Waals surface area contributed by atoms with Crippen LogP contribution < -0.4 is 5.32 Å². The predicted octanol–water partition coefficient (Wildman–Crippen LogP) is 4.42. The van der Waals surface area contributed by atoms with Crippen molar-refractivity contribution in [3.63, 3.8) is 0 Å². The van der Waals surface area contributed by atoms with Crippen LogP contribution in [0.5, 0.6) is 0 Å². The van der Waals surface area contributed by atoms with Crippen LogP contribution in [0.1, 0.15) is 5.69 Å². The fourth-order valence-corrected chi connectivity index (χ4v) is 4.21. The number of nitrogens with one attached hydrogen (secondary N) is 1. The summed E-state index contributed by atoms with van der Waals surface area (Å²) in [4.78, 5) is 10.5. The molecule has 0 unspecified atom stereocenters. The Kier molecular flexibility index (Phi) is 5.11. The molecule has 5 rings (SSSR count). The number of pyridine rings is 1. The van der Waals surface area contributed by atoms with E-state index in [0.29, 0.717) is 40.6 Å². The van der Waals surface area contributed by atoms with Crippen LogP contribution in [0.2, 0.25) is 5.02 Å². The van der Waals surface area contributed by atoms with Crippen molar-refractivity contribution >= 4 is 33.5 Å². The summed E-state index contributed by atoms with van der Waals surface area (Å²) in [7, 11) is 0. The molecule has 0 radical (unpaired) electrons. The number of piperazine rings is 1. The highest BCUT2D eigenvalue weighted by Gasteiger charge is 2.38. The van der Waals surface area contributed by atoms with Crippen LogP contribution in [0.3, 0.4) is 0 Å². The third kappa shape index (κ3) is 3.77. The number of rotatable bonds is 4. The topological polar surface area (TPSA) is 59.1 Å². The number of fused-ring (bicyclic) bond motifs is 3. The summed E-state index contributed by atoms with van der Waals surface area (Å²) in [6.45, 7) is 4.69. The van der Waals surface area contributed by atoms with Crippen LogP contribution in [-0.2, 0) is 12.7 Å². The molecule has 3 aromatic heterocycles. The normalized spacial score (nSPS) is 15.9. The SMILES string of the molecule is FC(F)(F)c1nc2cc(Cl)ccc2c2c1nc(-c1ccco1)n2CCN1CCNCC1. The Labute approximate surface area is 180 Å². The summed E-state index contributed by atoms with van der Waals surface area (Å²) in [5, 5.41) is 4.20. The lowest BCUT2D eigenvalue weighted by atomic mass is 10.1. The van der Waals surface area contributed by atoms with Gasteiger partial charge in [0, 0.05) is 49.7 Å². The molecule has 4 aromatic rings. The van der Waals surface area contributed by atoms with Gasteiger partial charge >= 0.3 is 6.18 Å². The van der Waals surface area contributed by atoms with Crippen LogP contribution in [0.4, 0.5) is 13.2 Å². The van der Waals surface area contributed by atoms with E-state index in [4.69, 9.17) is 16.0 Å². The van der Waals surface area contributed by atoms with E-state index < -0.39 is 11.9 Å². The first-order valence-electron chi connectivity index (χ1n) is 9.95. The first kappa shape index (κ1) is 20.3. The van der Waals surface area contributed by atoms with Gasteiger partial charge in [-0.25, -0.2) is 9.97 Å². The van der Waals surface area contributed by atoms with Crippen molar-refractivity contribution < 1.29 is 17.6 Å². The number of nitrogens with zero attached hydrogens (tertiary/aromatic N) is 4. The molecule has 0 amide bonds. The van der Waals surface area contributed by atoms with Crippen molar-refractivity contribution in [3.05, 3.63) is 47.3 Å². The van der Waals surface area contributed by atoms with Gasteiger partial charge in [-0.3, -0.25) is 4.90 Å². The second-order valence-corrected chi connectivity index (χ2v) is 7.91. The van der Waals surface area contributed by atoms with E-state index in [1.165, 1.54) is 12.3 Å². The van der Waals surface area contributed by atoms with Crippen LogP contribution in [0.15, 0.2) is 41.0 Å². The lowest BCUT2D eigenvalue weighted by Crippen LogP contribution is -2.44. The first-order chi connectivity index (χ1) is 14.9. The molecule has 0 atom stereocenters. The fourth-order valence-electron chi connectivity index (χ4n) is 4.05. The van der Waals surface area contributed by atoms with Gasteiger partial charge in [0.2, 0.25) is 0 Å². The summed E-state index contributed by atoms with van der Waals surface area (Å²) in [5.41, 5.74) is -0.641. The predicted molar refractivity (Wildman–Crippen MR) is 112 cm³/mol. The average Bonchev–Trinajstić information content (AvgIpc) is 3.39. The average molecular weight is 450 g/mol. The molecule has 1 saturated heterocycles. The number of hydrogen-bond acceptors (Lipinski definition) is 5. The zero-order valence-corrected chi connectivity index (χ0v) is 17.2. The Bertz CT molecular complexity index is 1230. The second-order valence-electron chi connectivity index (χ2n) is 7.47. The summed E-state index contributed by atoms with van der Waals surface area (Å²) in [5.74, 6) is 0.761. The highest BCUT2D eigenvalue weighted by molar-refractivity contribution is 6.31. The molecule has 1 fully saturated rings. The molecule has 0 spiro atoms. The quantitative estimate of drug-likeness (QED) is 0.499. The van der Waals surface area contributed by atoms with Crippen molar-refractivity contribution in [3.8, 4) is 11.6 Å². The van der Waals surface area contributed by atoms with Gasteiger partial charge in [0.25, 0.3) is 0 Å². The monoisotopic (exact) mass is 449 g/mol. The Hall–Kier alpha value is -2.62. The van der Waals surface area contributed by atoms with E-state index in [1.807, 2.05) is 4.57 Å². The Balaban J connectivity index is 1.75. The van der Waals surface area contributed by atoms with Gasteiger partial charge < -0.3 is 14.3 Å². The largest absolute Gasteiger partial charge is 0.461 e. The van der Waals surface area contributed by atoms with Gasteiger partial charge in [0.15, 0.2) is 17.3 Å². The van der Waals surface area contributed by atoms with E-state index >= 15 is 0 Å². The zero-order chi connectivity index (χ0) is 21.6. The van der Waals surface area contributed by atoms with E-state index in [0.717, 1.165) is 26.2 Å². The molecule has 10 heteroatoms. The Morgan fingerprint density at radius 2 is 1.90 bits per heavy atom. The zero-order valence-electron chi connectivity index (χ0n) is 16.4. The molecule has 0 aliphatic carbocycles. The number of hydrogen-bond donors (Lipinski definition) is 1. The molecule has 1 aromatic carbocycles. The number of furan rings is 1. The molecule has 0 saturated carbocycles. The Morgan fingerprint density at radius 1 is 1.10 bits per heavy atom. The number of benzene rings is 1. The number of imidazole rings is 1. The minimum atomic E-state index is -4.66. The summed E-state index contributed by atoms with van der Waals surface area (Å²) in [6, 6.07) is 8.19. The van der Waals surface area contributed by atoms with E-state index in [1.54, 1.807) is 24.3 Å². The van der Waals surface area contributed by atoms with Crippen LogP contribution in [-0.4, -0.2) is 52.2 Å². The Morgan fingerprint density at radius 3 is 2.61 bits per heavy atom. The van der Waals surface area contributed by atoms with E-state index in [2.05, 4.69) is 20.2 Å². The van der Waals surface area contributed by atoms with E-state index in [9.17, 15) is 13.2 Å². The molecular weight excluding hydrogens is 431 g/mol. The van der Waals surface area contributed by atoms with Gasteiger partial charge in [0.1, 0.15) is 5.52 Å². The van der Waals surface area contributed by atoms with E-state index in [-0.39, 0.29) is 11.0 Å². The number of alkyl halides is 3. The van der Waals surface area contributed by atoms with Crippen molar-refractivity contribution in [2.24, 2.45) is 0 Å². The lowest BCUT2D eigenvalue weighted by molar-refractivity contribution is -0.139.